The van der Waals surface area contributed by atoms with Crippen LogP contribution in [0.4, 0.5) is 4.39 Å². The number of aliphatic hydroxyl groups excluding tert-OH is 1. The average Bonchev–Trinajstić information content (AvgIpc) is 2.93. The quantitative estimate of drug-likeness (QED) is 0.131. The zero-order valence-electron chi connectivity index (χ0n) is 21.7. The molecule has 0 aliphatic heterocycles. The maximum absolute atomic E-state index is 13.7. The number of alkyl halides is 1. The molecule has 0 saturated carbocycles. The topological polar surface area (TPSA) is 49.8 Å². The van der Waals surface area contributed by atoms with Crippen molar-refractivity contribution in [2.45, 2.75) is 39.7 Å². The van der Waals surface area contributed by atoms with E-state index < -0.39 is 17.7 Å². The second-order valence-corrected chi connectivity index (χ2v) is 10.3. The number of hydrogen-bond acceptors (Lipinski definition) is 3. The van der Waals surface area contributed by atoms with Crippen LogP contribution in [0.25, 0.3) is 0 Å². The third-order valence-electron chi connectivity index (χ3n) is 5.47. The van der Waals surface area contributed by atoms with Crippen LogP contribution >= 0.6 is 23.2 Å². The van der Waals surface area contributed by atoms with Gasteiger partial charge in [0, 0.05) is 18.6 Å². The third kappa shape index (κ3) is 10.6. The lowest BCUT2D eigenvalue weighted by Gasteiger charge is -2.23. The fraction of sp³-hybridized carbons (Fsp3) is 0.267. The Labute approximate surface area is 238 Å². The van der Waals surface area contributed by atoms with Crippen molar-refractivity contribution < 1.29 is 18.4 Å². The van der Waals surface area contributed by atoms with Gasteiger partial charge < -0.3 is 9.84 Å². The second-order valence-electron chi connectivity index (χ2n) is 8.19. The fourth-order valence-corrected chi connectivity index (χ4v) is 5.32. The van der Waals surface area contributed by atoms with E-state index >= 15 is 0 Å². The summed E-state index contributed by atoms with van der Waals surface area (Å²) in [5.74, 6) is 0.820. The van der Waals surface area contributed by atoms with Gasteiger partial charge in [0.2, 0.25) is 0 Å². The van der Waals surface area contributed by atoms with E-state index in [9.17, 15) is 13.7 Å². The first-order valence-corrected chi connectivity index (χ1v) is 14.2. The lowest BCUT2D eigenvalue weighted by atomic mass is 10.1. The van der Waals surface area contributed by atoms with E-state index in [1.165, 1.54) is 23.3 Å². The molecule has 38 heavy (non-hydrogen) atoms. The van der Waals surface area contributed by atoms with Gasteiger partial charge in [0.1, 0.15) is 29.2 Å². The summed E-state index contributed by atoms with van der Waals surface area (Å²) in [7, 11) is -1.70. The van der Waals surface area contributed by atoms with Gasteiger partial charge in [-0.15, -0.1) is 0 Å². The number of unbranched alkanes of at least 4 members (excludes halogenated alkanes) is 1. The largest absolute Gasteiger partial charge is 0.505 e. The minimum atomic E-state index is -1.70. The minimum Gasteiger partial charge on any atom is -0.505 e. The van der Waals surface area contributed by atoms with Gasteiger partial charge in [-0.25, -0.2) is 12.9 Å². The second kappa shape index (κ2) is 17.8. The number of aryl methyl sites for hydroxylation is 1. The van der Waals surface area contributed by atoms with Crippen molar-refractivity contribution in [2.24, 2.45) is 0 Å². The number of aliphatic hydroxyl groups is 1. The van der Waals surface area contributed by atoms with Crippen LogP contribution in [0.3, 0.4) is 0 Å². The van der Waals surface area contributed by atoms with E-state index in [0.29, 0.717) is 24.6 Å². The van der Waals surface area contributed by atoms with E-state index in [0.717, 1.165) is 24.8 Å². The molecule has 0 aliphatic carbocycles. The molecule has 2 rings (SSSR count). The van der Waals surface area contributed by atoms with E-state index in [4.69, 9.17) is 27.9 Å². The predicted molar refractivity (Wildman–Crippen MR) is 158 cm³/mol. The molecule has 0 amide bonds. The lowest BCUT2D eigenvalue weighted by Crippen LogP contribution is -2.28. The fourth-order valence-electron chi connectivity index (χ4n) is 3.59. The molecule has 204 valence electrons. The summed E-state index contributed by atoms with van der Waals surface area (Å²) >= 11 is 11.7. The van der Waals surface area contributed by atoms with Gasteiger partial charge in [0.25, 0.3) is 0 Å². The standard InChI is InChI=1S/C30H34Cl2FNO3S/c1-3-26(17-11-20-33)37-27-16-10-15-25(22-27)23-34(21-9-8-14-24-12-6-5-7-13-24)38(36)29(4-2)30(35)28(32)18-19-31/h3-7,10-13,15-19,22,35H,8-9,14,20-21,23H2,1-2H3/b17-11-,19-18+,26-3+,29-4+,30-28-. The van der Waals surface area contributed by atoms with Gasteiger partial charge in [0.15, 0.2) is 5.76 Å². The summed E-state index contributed by atoms with van der Waals surface area (Å²) in [5, 5.41) is 10.6. The Hall–Kier alpha value is -2.64. The zero-order chi connectivity index (χ0) is 27.8. The van der Waals surface area contributed by atoms with Crippen LogP contribution in [0.1, 0.15) is 37.8 Å². The SMILES string of the molecule is C/C=C(\C=C/CF)Oc1cccc(CN(CCCCc2ccccc2)S(=O)C(=C/C)/C(O)=C(Cl)\C=C\Cl)c1. The highest BCUT2D eigenvalue weighted by Crippen LogP contribution is 2.25. The molecule has 0 aliphatic rings. The van der Waals surface area contributed by atoms with Gasteiger partial charge in [-0.3, -0.25) is 0 Å². The Morgan fingerprint density at radius 3 is 2.45 bits per heavy atom. The van der Waals surface area contributed by atoms with Gasteiger partial charge >= 0.3 is 0 Å². The molecule has 0 fully saturated rings. The summed E-state index contributed by atoms with van der Waals surface area (Å²) in [4.78, 5) is 0.202. The van der Waals surface area contributed by atoms with Crippen molar-refractivity contribution >= 4 is 34.2 Å². The molecule has 0 bridgehead atoms. The maximum atomic E-state index is 13.7. The highest BCUT2D eigenvalue weighted by Gasteiger charge is 2.22. The Morgan fingerprint density at radius 2 is 1.79 bits per heavy atom. The number of hydrogen-bond donors (Lipinski definition) is 1. The van der Waals surface area contributed by atoms with Crippen molar-refractivity contribution in [1.29, 1.82) is 0 Å². The van der Waals surface area contributed by atoms with Gasteiger partial charge in [-0.2, -0.15) is 0 Å². The number of halogens is 3. The van der Waals surface area contributed by atoms with Gasteiger partial charge in [-0.1, -0.05) is 77.8 Å². The van der Waals surface area contributed by atoms with E-state index in [1.807, 2.05) is 49.4 Å². The zero-order valence-corrected chi connectivity index (χ0v) is 24.0. The van der Waals surface area contributed by atoms with Crippen LogP contribution in [0, 0.1) is 0 Å². The highest BCUT2D eigenvalue weighted by molar-refractivity contribution is 7.86. The molecule has 2 aromatic rings. The monoisotopic (exact) mass is 577 g/mol. The van der Waals surface area contributed by atoms with E-state index in [1.54, 1.807) is 29.5 Å². The molecule has 1 N–H and O–H groups in total. The molecule has 0 radical (unpaired) electrons. The minimum absolute atomic E-state index is 0.00101. The normalized spacial score (nSPS) is 14.4. The van der Waals surface area contributed by atoms with Crippen molar-refractivity contribution in [3.8, 4) is 5.75 Å². The summed E-state index contributed by atoms with van der Waals surface area (Å²) in [6.07, 6.45) is 10.2. The molecular formula is C30H34Cl2FNO3S. The van der Waals surface area contributed by atoms with Crippen molar-refractivity contribution in [1.82, 2.24) is 4.31 Å². The first-order chi connectivity index (χ1) is 18.4. The number of allylic oxidation sites excluding steroid dienone is 6. The number of benzene rings is 2. The summed E-state index contributed by atoms with van der Waals surface area (Å²) in [6, 6.07) is 17.6. The van der Waals surface area contributed by atoms with Crippen LogP contribution in [0.15, 0.2) is 112 Å². The number of nitrogens with zero attached hydrogens (tertiary/aromatic N) is 1. The van der Waals surface area contributed by atoms with Crippen LogP contribution < -0.4 is 4.74 Å². The molecule has 8 heteroatoms. The summed E-state index contributed by atoms with van der Waals surface area (Å²) < 4.78 is 33.9. The lowest BCUT2D eigenvalue weighted by molar-refractivity contribution is 0.410. The first-order valence-electron chi connectivity index (χ1n) is 12.3. The molecule has 1 atom stereocenters. The Balaban J connectivity index is 2.25. The van der Waals surface area contributed by atoms with E-state index in [-0.39, 0.29) is 15.7 Å². The van der Waals surface area contributed by atoms with Crippen LogP contribution in [0.2, 0.25) is 0 Å². The number of rotatable bonds is 15. The highest BCUT2D eigenvalue weighted by atomic mass is 35.5. The molecule has 0 spiro atoms. The van der Waals surface area contributed by atoms with Crippen LogP contribution in [-0.2, 0) is 24.0 Å². The summed E-state index contributed by atoms with van der Waals surface area (Å²) in [5.41, 5.74) is 3.30. The molecule has 0 heterocycles. The molecular weight excluding hydrogens is 544 g/mol. The van der Waals surface area contributed by atoms with Gasteiger partial charge in [0.05, 0.1) is 9.94 Å². The van der Waals surface area contributed by atoms with E-state index in [2.05, 4.69) is 12.1 Å². The summed E-state index contributed by atoms with van der Waals surface area (Å²) in [6.45, 7) is 3.80. The maximum Gasteiger partial charge on any atom is 0.151 e. The smallest absolute Gasteiger partial charge is 0.151 e. The number of ether oxygens (including phenoxy) is 1. The molecule has 1 unspecified atom stereocenters. The Morgan fingerprint density at radius 1 is 1.05 bits per heavy atom. The Kier molecular flexibility index (Phi) is 14.8. The molecule has 2 aromatic carbocycles. The third-order valence-corrected chi connectivity index (χ3v) is 7.49. The average molecular weight is 579 g/mol. The van der Waals surface area contributed by atoms with Crippen LogP contribution in [-0.4, -0.2) is 26.8 Å². The van der Waals surface area contributed by atoms with Crippen molar-refractivity contribution in [3.63, 3.8) is 0 Å². The predicted octanol–water partition coefficient (Wildman–Crippen LogP) is 8.65. The van der Waals surface area contributed by atoms with Gasteiger partial charge in [-0.05, 0) is 74.6 Å². The first kappa shape index (κ1) is 31.6. The van der Waals surface area contributed by atoms with Crippen molar-refractivity contribution in [2.75, 3.05) is 13.2 Å². The van der Waals surface area contributed by atoms with Crippen LogP contribution in [0.5, 0.6) is 5.75 Å². The molecule has 4 nitrogen and oxygen atoms in total. The molecule has 0 saturated heterocycles. The molecule has 0 aromatic heterocycles. The van der Waals surface area contributed by atoms with Crippen molar-refractivity contribution in [3.05, 3.63) is 123 Å². The Bertz CT molecular complexity index is 1190.